The number of aromatic nitrogens is 1. The zero-order valence-electron chi connectivity index (χ0n) is 10.3. The number of hydrogen-bond donors (Lipinski definition) is 1. The molecule has 2 atom stereocenters. The Morgan fingerprint density at radius 1 is 1.44 bits per heavy atom. The first-order chi connectivity index (χ1) is 8.43. The van der Waals surface area contributed by atoms with Gasteiger partial charge in [0.2, 0.25) is 10.0 Å². The Labute approximate surface area is 112 Å². The van der Waals surface area contributed by atoms with Crippen molar-refractivity contribution >= 4 is 21.6 Å². The lowest BCUT2D eigenvalue weighted by Gasteiger charge is -2.37. The van der Waals surface area contributed by atoms with E-state index in [0.717, 1.165) is 0 Å². The predicted molar refractivity (Wildman–Crippen MR) is 70.1 cm³/mol. The monoisotopic (exact) mass is 289 g/mol. The zero-order valence-corrected chi connectivity index (χ0v) is 11.9. The molecule has 1 N–H and O–H groups in total. The van der Waals surface area contributed by atoms with Gasteiger partial charge in [0.1, 0.15) is 4.90 Å². The number of nitrogens with zero attached hydrogens (tertiary/aromatic N) is 2. The van der Waals surface area contributed by atoms with Gasteiger partial charge in [0.15, 0.2) is 0 Å². The summed E-state index contributed by atoms with van der Waals surface area (Å²) in [5.74, 6) is 0. The van der Waals surface area contributed by atoms with Crippen LogP contribution in [0.2, 0.25) is 5.02 Å². The van der Waals surface area contributed by atoms with Crippen LogP contribution in [0.3, 0.4) is 0 Å². The number of rotatable bonds is 2. The minimum Gasteiger partial charge on any atom is -0.311 e. The van der Waals surface area contributed by atoms with Gasteiger partial charge in [-0.15, -0.1) is 0 Å². The average molecular weight is 290 g/mol. The highest BCUT2D eigenvalue weighted by molar-refractivity contribution is 7.89. The number of halogens is 1. The molecule has 0 bridgehead atoms. The second-order valence-corrected chi connectivity index (χ2v) is 6.77. The molecule has 100 valence electrons. The smallest absolute Gasteiger partial charge is 0.244 e. The summed E-state index contributed by atoms with van der Waals surface area (Å²) in [5.41, 5.74) is 0. The first-order valence-electron chi connectivity index (χ1n) is 5.78. The summed E-state index contributed by atoms with van der Waals surface area (Å²) in [6, 6.07) is 1.46. The summed E-state index contributed by atoms with van der Waals surface area (Å²) in [5, 5.41) is 3.57. The van der Waals surface area contributed by atoms with Gasteiger partial charge in [-0.25, -0.2) is 8.42 Å². The van der Waals surface area contributed by atoms with E-state index >= 15 is 0 Å². The standard InChI is InChI=1S/C11H16ClN3O2S/c1-8-9(2)15(4-3-14-8)18(16,17)11-5-10(12)6-13-7-11/h5-9,14H,3-4H2,1-2H3. The Morgan fingerprint density at radius 2 is 2.17 bits per heavy atom. The molecule has 1 aromatic rings. The van der Waals surface area contributed by atoms with E-state index in [-0.39, 0.29) is 17.0 Å². The van der Waals surface area contributed by atoms with Gasteiger partial charge in [0.05, 0.1) is 5.02 Å². The van der Waals surface area contributed by atoms with Crippen molar-refractivity contribution in [1.29, 1.82) is 0 Å². The predicted octanol–water partition coefficient (Wildman–Crippen LogP) is 1.11. The van der Waals surface area contributed by atoms with Crippen LogP contribution in [-0.2, 0) is 10.0 Å². The van der Waals surface area contributed by atoms with Gasteiger partial charge in [-0.1, -0.05) is 11.6 Å². The largest absolute Gasteiger partial charge is 0.311 e. The van der Waals surface area contributed by atoms with E-state index in [1.54, 1.807) is 0 Å². The van der Waals surface area contributed by atoms with Crippen molar-refractivity contribution in [2.75, 3.05) is 13.1 Å². The third-order valence-corrected chi connectivity index (χ3v) is 5.42. The number of pyridine rings is 1. The van der Waals surface area contributed by atoms with Crippen LogP contribution in [0.15, 0.2) is 23.4 Å². The summed E-state index contributed by atoms with van der Waals surface area (Å²) in [4.78, 5) is 3.99. The molecule has 7 heteroatoms. The molecule has 2 unspecified atom stereocenters. The summed E-state index contributed by atoms with van der Waals surface area (Å²) < 4.78 is 26.5. The Hall–Kier alpha value is -0.690. The third-order valence-electron chi connectivity index (χ3n) is 3.26. The molecular formula is C11H16ClN3O2S. The van der Waals surface area contributed by atoms with Crippen molar-refractivity contribution in [3.05, 3.63) is 23.5 Å². The summed E-state index contributed by atoms with van der Waals surface area (Å²) in [6.45, 7) is 4.98. The van der Waals surface area contributed by atoms with Crippen molar-refractivity contribution in [2.24, 2.45) is 0 Å². The molecule has 1 aromatic heterocycles. The molecule has 0 amide bonds. The van der Waals surface area contributed by atoms with Gasteiger partial charge >= 0.3 is 0 Å². The van der Waals surface area contributed by atoms with E-state index in [9.17, 15) is 8.42 Å². The normalized spacial score (nSPS) is 26.2. The van der Waals surface area contributed by atoms with Crippen LogP contribution in [0, 0.1) is 0 Å². The number of sulfonamides is 1. The fourth-order valence-electron chi connectivity index (χ4n) is 2.03. The quantitative estimate of drug-likeness (QED) is 0.886. The van der Waals surface area contributed by atoms with Crippen LogP contribution in [0.5, 0.6) is 0 Å². The number of hydrogen-bond acceptors (Lipinski definition) is 4. The van der Waals surface area contributed by atoms with Crippen molar-refractivity contribution in [3.8, 4) is 0 Å². The van der Waals surface area contributed by atoms with Crippen molar-refractivity contribution in [2.45, 2.75) is 30.8 Å². The van der Waals surface area contributed by atoms with Crippen LogP contribution < -0.4 is 5.32 Å². The molecular weight excluding hydrogens is 274 g/mol. The van der Waals surface area contributed by atoms with Crippen LogP contribution in [-0.4, -0.2) is 42.9 Å². The molecule has 18 heavy (non-hydrogen) atoms. The highest BCUT2D eigenvalue weighted by Crippen LogP contribution is 2.22. The van der Waals surface area contributed by atoms with Gasteiger partial charge in [-0.2, -0.15) is 4.31 Å². The first kappa shape index (κ1) is 13.7. The molecule has 0 saturated carbocycles. The molecule has 2 rings (SSSR count). The highest BCUT2D eigenvalue weighted by atomic mass is 35.5. The van der Waals surface area contributed by atoms with E-state index < -0.39 is 10.0 Å². The van der Waals surface area contributed by atoms with E-state index in [4.69, 9.17) is 11.6 Å². The molecule has 1 aliphatic rings. The molecule has 1 saturated heterocycles. The van der Waals surface area contributed by atoms with Gasteiger partial charge in [-0.3, -0.25) is 4.98 Å². The third kappa shape index (κ3) is 2.51. The summed E-state index contributed by atoms with van der Waals surface area (Å²) in [6.07, 6.45) is 2.75. The van der Waals surface area contributed by atoms with Gasteiger partial charge in [-0.05, 0) is 19.9 Å². The van der Waals surface area contributed by atoms with E-state index in [1.165, 1.54) is 22.8 Å². The number of piperazine rings is 1. The second-order valence-electron chi connectivity index (χ2n) is 4.44. The molecule has 1 aliphatic heterocycles. The van der Waals surface area contributed by atoms with E-state index in [0.29, 0.717) is 18.1 Å². The van der Waals surface area contributed by atoms with E-state index in [2.05, 4.69) is 10.3 Å². The molecule has 0 aliphatic carbocycles. The molecule has 0 radical (unpaired) electrons. The Balaban J connectivity index is 2.36. The summed E-state index contributed by atoms with van der Waals surface area (Å²) in [7, 11) is -3.52. The first-order valence-corrected chi connectivity index (χ1v) is 7.60. The molecule has 0 aromatic carbocycles. The molecule has 0 spiro atoms. The second kappa shape index (κ2) is 5.13. The lowest BCUT2D eigenvalue weighted by Crippen LogP contribution is -2.57. The van der Waals surface area contributed by atoms with Crippen molar-refractivity contribution < 1.29 is 8.42 Å². The van der Waals surface area contributed by atoms with Crippen molar-refractivity contribution in [1.82, 2.24) is 14.6 Å². The number of nitrogens with one attached hydrogen (secondary N) is 1. The van der Waals surface area contributed by atoms with Crippen LogP contribution in [0.25, 0.3) is 0 Å². The van der Waals surface area contributed by atoms with E-state index in [1.807, 2.05) is 13.8 Å². The fourth-order valence-corrected chi connectivity index (χ4v) is 3.97. The van der Waals surface area contributed by atoms with Gasteiger partial charge in [0.25, 0.3) is 0 Å². The minimum atomic E-state index is -3.52. The Bertz CT molecular complexity index is 535. The summed E-state index contributed by atoms with van der Waals surface area (Å²) >= 11 is 5.80. The molecule has 5 nitrogen and oxygen atoms in total. The fraction of sp³-hybridized carbons (Fsp3) is 0.545. The van der Waals surface area contributed by atoms with Gasteiger partial charge < -0.3 is 5.32 Å². The lowest BCUT2D eigenvalue weighted by molar-refractivity contribution is 0.233. The van der Waals surface area contributed by atoms with Crippen LogP contribution in [0.4, 0.5) is 0 Å². The molecule has 1 fully saturated rings. The SMILES string of the molecule is CC1NCCN(S(=O)(=O)c2cncc(Cl)c2)C1C. The maximum Gasteiger partial charge on any atom is 0.244 e. The average Bonchev–Trinajstić information content (AvgIpc) is 2.32. The van der Waals surface area contributed by atoms with Gasteiger partial charge in [0, 0.05) is 37.6 Å². The molecule has 2 heterocycles. The zero-order chi connectivity index (χ0) is 13.3. The topological polar surface area (TPSA) is 62.3 Å². The Kier molecular flexibility index (Phi) is 3.91. The van der Waals surface area contributed by atoms with Crippen LogP contribution in [0.1, 0.15) is 13.8 Å². The Morgan fingerprint density at radius 3 is 2.83 bits per heavy atom. The minimum absolute atomic E-state index is 0.0947. The van der Waals surface area contributed by atoms with Crippen molar-refractivity contribution in [3.63, 3.8) is 0 Å². The van der Waals surface area contributed by atoms with Crippen LogP contribution >= 0.6 is 11.6 Å². The lowest BCUT2D eigenvalue weighted by atomic mass is 10.1. The maximum atomic E-state index is 12.5. The highest BCUT2D eigenvalue weighted by Gasteiger charge is 2.34. The maximum absolute atomic E-state index is 12.5.